The van der Waals surface area contributed by atoms with Crippen LogP contribution in [0.15, 0.2) is 12.3 Å². The van der Waals surface area contributed by atoms with Crippen molar-refractivity contribution in [2.75, 3.05) is 5.32 Å². The highest BCUT2D eigenvalue weighted by molar-refractivity contribution is 5.35. The molecule has 1 aromatic heterocycles. The van der Waals surface area contributed by atoms with E-state index in [0.29, 0.717) is 6.04 Å². The minimum Gasteiger partial charge on any atom is -0.368 e. The molecule has 0 saturated carbocycles. The van der Waals surface area contributed by atoms with Gasteiger partial charge in [0.05, 0.1) is 6.20 Å². The summed E-state index contributed by atoms with van der Waals surface area (Å²) in [6.07, 6.45) is 8.01. The van der Waals surface area contributed by atoms with Crippen LogP contribution < -0.4 is 5.32 Å². The molecule has 0 fully saturated rings. The number of unbranched alkanes of at least 4 members (excludes halogenated alkanes) is 1. The van der Waals surface area contributed by atoms with Crippen LogP contribution in [0.2, 0.25) is 0 Å². The summed E-state index contributed by atoms with van der Waals surface area (Å²) in [7, 11) is 0. The number of aryl methyl sites for hydroxylation is 1. The number of rotatable bonds is 8. The third-order valence-electron chi connectivity index (χ3n) is 2.90. The lowest BCUT2D eigenvalue weighted by atomic mass is 10.1. The van der Waals surface area contributed by atoms with E-state index < -0.39 is 0 Å². The summed E-state index contributed by atoms with van der Waals surface area (Å²) in [5, 5.41) is 7.93. The summed E-state index contributed by atoms with van der Waals surface area (Å²) in [4.78, 5) is 0. The lowest BCUT2D eigenvalue weighted by Crippen LogP contribution is -2.20. The zero-order chi connectivity index (χ0) is 11.8. The Kier molecular flexibility index (Phi) is 5.98. The van der Waals surface area contributed by atoms with E-state index in [2.05, 4.69) is 41.9 Å². The highest BCUT2D eigenvalue weighted by Gasteiger charge is 2.08. The lowest BCUT2D eigenvalue weighted by Gasteiger charge is -2.18. The Hall–Kier alpha value is -0.990. The molecule has 1 rings (SSSR count). The predicted molar refractivity (Wildman–Crippen MR) is 69.7 cm³/mol. The van der Waals surface area contributed by atoms with Crippen LogP contribution in [-0.2, 0) is 6.54 Å². The Morgan fingerprint density at radius 3 is 2.75 bits per heavy atom. The van der Waals surface area contributed by atoms with Crippen molar-refractivity contribution in [1.29, 1.82) is 0 Å². The van der Waals surface area contributed by atoms with Crippen LogP contribution in [0.5, 0.6) is 0 Å². The Morgan fingerprint density at radius 2 is 2.12 bits per heavy atom. The second-order valence-corrected chi connectivity index (χ2v) is 4.33. The van der Waals surface area contributed by atoms with Gasteiger partial charge in [-0.05, 0) is 19.3 Å². The van der Waals surface area contributed by atoms with E-state index in [-0.39, 0.29) is 0 Å². The van der Waals surface area contributed by atoms with Crippen LogP contribution >= 0.6 is 0 Å². The number of aromatic nitrogens is 2. The maximum Gasteiger partial charge on any atom is 0.124 e. The van der Waals surface area contributed by atoms with Gasteiger partial charge in [0.1, 0.15) is 5.82 Å². The van der Waals surface area contributed by atoms with Crippen molar-refractivity contribution < 1.29 is 0 Å². The first-order valence-electron chi connectivity index (χ1n) is 6.60. The van der Waals surface area contributed by atoms with Crippen LogP contribution in [0.1, 0.15) is 52.9 Å². The van der Waals surface area contributed by atoms with Crippen molar-refractivity contribution in [3.05, 3.63) is 12.3 Å². The second kappa shape index (κ2) is 7.31. The SMILES string of the molecule is CCCCC(CC)Nc1ccnn1CCC. The molecule has 3 nitrogen and oxygen atoms in total. The summed E-state index contributed by atoms with van der Waals surface area (Å²) in [5.41, 5.74) is 0. The molecule has 0 spiro atoms. The van der Waals surface area contributed by atoms with Crippen LogP contribution in [0, 0.1) is 0 Å². The van der Waals surface area contributed by atoms with Gasteiger partial charge in [0, 0.05) is 18.7 Å². The minimum atomic E-state index is 0.590. The first-order chi connectivity index (χ1) is 7.81. The van der Waals surface area contributed by atoms with E-state index in [1.165, 1.54) is 31.5 Å². The largest absolute Gasteiger partial charge is 0.368 e. The molecular weight excluding hydrogens is 198 g/mol. The van der Waals surface area contributed by atoms with Gasteiger partial charge in [-0.15, -0.1) is 0 Å². The number of nitrogens with zero attached hydrogens (tertiary/aromatic N) is 2. The predicted octanol–water partition coefficient (Wildman–Crippen LogP) is 3.67. The number of nitrogens with one attached hydrogen (secondary N) is 1. The van der Waals surface area contributed by atoms with Gasteiger partial charge in [-0.1, -0.05) is 33.6 Å². The molecule has 0 aliphatic rings. The van der Waals surface area contributed by atoms with Gasteiger partial charge >= 0.3 is 0 Å². The summed E-state index contributed by atoms with van der Waals surface area (Å²) in [6, 6.07) is 2.66. The molecule has 0 aliphatic heterocycles. The van der Waals surface area contributed by atoms with Crippen molar-refractivity contribution in [1.82, 2.24) is 9.78 Å². The molecule has 1 unspecified atom stereocenters. The van der Waals surface area contributed by atoms with Crippen LogP contribution in [-0.4, -0.2) is 15.8 Å². The lowest BCUT2D eigenvalue weighted by molar-refractivity contribution is 0.567. The summed E-state index contributed by atoms with van der Waals surface area (Å²) < 4.78 is 2.06. The third kappa shape index (κ3) is 3.87. The average Bonchev–Trinajstić information content (AvgIpc) is 2.72. The van der Waals surface area contributed by atoms with Gasteiger partial charge < -0.3 is 5.32 Å². The van der Waals surface area contributed by atoms with Gasteiger partial charge in [0.2, 0.25) is 0 Å². The number of anilines is 1. The smallest absolute Gasteiger partial charge is 0.124 e. The van der Waals surface area contributed by atoms with Crippen LogP contribution in [0.25, 0.3) is 0 Å². The molecule has 0 radical (unpaired) electrons. The maximum atomic E-state index is 4.33. The molecular formula is C13H25N3. The maximum absolute atomic E-state index is 4.33. The number of hydrogen-bond acceptors (Lipinski definition) is 2. The van der Waals surface area contributed by atoms with E-state index in [4.69, 9.17) is 0 Å². The van der Waals surface area contributed by atoms with E-state index in [9.17, 15) is 0 Å². The van der Waals surface area contributed by atoms with E-state index in [0.717, 1.165) is 13.0 Å². The highest BCUT2D eigenvalue weighted by atomic mass is 15.3. The van der Waals surface area contributed by atoms with Gasteiger partial charge in [-0.2, -0.15) is 5.10 Å². The molecule has 92 valence electrons. The van der Waals surface area contributed by atoms with E-state index in [1.54, 1.807) is 0 Å². The van der Waals surface area contributed by atoms with Gasteiger partial charge in [-0.3, -0.25) is 0 Å². The second-order valence-electron chi connectivity index (χ2n) is 4.33. The molecule has 1 atom stereocenters. The zero-order valence-electron chi connectivity index (χ0n) is 10.9. The highest BCUT2D eigenvalue weighted by Crippen LogP contribution is 2.13. The minimum absolute atomic E-state index is 0.590. The standard InChI is InChI=1S/C13H25N3/c1-4-7-8-12(6-3)15-13-9-10-14-16(13)11-5-2/h9-10,12,15H,4-8,11H2,1-3H3. The van der Waals surface area contributed by atoms with E-state index >= 15 is 0 Å². The molecule has 1 heterocycles. The fourth-order valence-corrected chi connectivity index (χ4v) is 1.88. The average molecular weight is 223 g/mol. The van der Waals surface area contributed by atoms with Crippen LogP contribution in [0.3, 0.4) is 0 Å². The third-order valence-corrected chi connectivity index (χ3v) is 2.90. The molecule has 3 heteroatoms. The van der Waals surface area contributed by atoms with Gasteiger partial charge in [0.25, 0.3) is 0 Å². The quantitative estimate of drug-likeness (QED) is 0.728. The Labute approximate surface area is 99.2 Å². The Balaban J connectivity index is 2.51. The van der Waals surface area contributed by atoms with Crippen molar-refractivity contribution >= 4 is 5.82 Å². The summed E-state index contributed by atoms with van der Waals surface area (Å²) in [5.74, 6) is 1.17. The molecule has 0 aliphatic carbocycles. The molecule has 1 N–H and O–H groups in total. The van der Waals surface area contributed by atoms with Crippen molar-refractivity contribution in [3.8, 4) is 0 Å². The normalized spacial score (nSPS) is 12.7. The fourth-order valence-electron chi connectivity index (χ4n) is 1.88. The number of hydrogen-bond donors (Lipinski definition) is 1. The first-order valence-corrected chi connectivity index (χ1v) is 6.60. The molecule has 16 heavy (non-hydrogen) atoms. The molecule has 0 saturated heterocycles. The van der Waals surface area contributed by atoms with Gasteiger partial charge in [-0.25, -0.2) is 4.68 Å². The molecule has 1 aromatic rings. The topological polar surface area (TPSA) is 29.9 Å². The summed E-state index contributed by atoms with van der Waals surface area (Å²) >= 11 is 0. The first kappa shape index (κ1) is 13.1. The fraction of sp³-hybridized carbons (Fsp3) is 0.769. The van der Waals surface area contributed by atoms with Crippen molar-refractivity contribution in [2.45, 2.75) is 65.5 Å². The molecule has 0 aromatic carbocycles. The molecule has 0 amide bonds. The monoisotopic (exact) mass is 223 g/mol. The molecule has 0 bridgehead atoms. The van der Waals surface area contributed by atoms with Crippen molar-refractivity contribution in [3.63, 3.8) is 0 Å². The Morgan fingerprint density at radius 1 is 1.31 bits per heavy atom. The summed E-state index contributed by atoms with van der Waals surface area (Å²) in [6.45, 7) is 7.67. The van der Waals surface area contributed by atoms with Crippen molar-refractivity contribution in [2.24, 2.45) is 0 Å². The van der Waals surface area contributed by atoms with Gasteiger partial charge in [0.15, 0.2) is 0 Å². The zero-order valence-corrected chi connectivity index (χ0v) is 10.9. The van der Waals surface area contributed by atoms with Crippen LogP contribution in [0.4, 0.5) is 5.82 Å². The van der Waals surface area contributed by atoms with E-state index in [1.807, 2.05) is 6.20 Å². The Bertz CT molecular complexity index is 280.